The molecule has 4 heteroatoms. The molecule has 0 aromatic heterocycles. The van der Waals surface area contributed by atoms with E-state index in [-0.39, 0.29) is 12.4 Å². The van der Waals surface area contributed by atoms with Gasteiger partial charge in [0, 0.05) is 28.3 Å². The Morgan fingerprint density at radius 3 is 2.60 bits per heavy atom. The highest BCUT2D eigenvalue weighted by molar-refractivity contribution is 9.10. The molecular weight excluding hydrogens is 318 g/mol. The number of halogens is 1. The summed E-state index contributed by atoms with van der Waals surface area (Å²) in [5.74, 6) is 0.0646. The summed E-state index contributed by atoms with van der Waals surface area (Å²) in [5.41, 5.74) is 1.80. The summed E-state index contributed by atoms with van der Waals surface area (Å²) in [6, 6.07) is 6.37. The van der Waals surface area contributed by atoms with E-state index in [0.717, 1.165) is 10.2 Å². The van der Waals surface area contributed by atoms with Crippen molar-refractivity contribution in [2.75, 3.05) is 18.1 Å². The lowest BCUT2D eigenvalue weighted by Crippen LogP contribution is -2.38. The molecule has 1 fully saturated rings. The van der Waals surface area contributed by atoms with Gasteiger partial charge in [-0.2, -0.15) is 0 Å². The fourth-order valence-electron chi connectivity index (χ4n) is 2.99. The molecular formula is C16H22BrNO2. The van der Waals surface area contributed by atoms with Crippen LogP contribution in [0.3, 0.4) is 0 Å². The van der Waals surface area contributed by atoms with Crippen molar-refractivity contribution < 1.29 is 9.90 Å². The van der Waals surface area contributed by atoms with Crippen molar-refractivity contribution in [1.82, 2.24) is 0 Å². The molecule has 0 aliphatic heterocycles. The summed E-state index contributed by atoms with van der Waals surface area (Å²) in [6.07, 6.45) is 6.22. The second-order valence-electron chi connectivity index (χ2n) is 5.43. The van der Waals surface area contributed by atoms with E-state index < -0.39 is 0 Å². The van der Waals surface area contributed by atoms with Crippen molar-refractivity contribution in [2.24, 2.45) is 0 Å². The van der Waals surface area contributed by atoms with Gasteiger partial charge in [-0.05, 0) is 53.9 Å². The molecule has 0 bridgehead atoms. The van der Waals surface area contributed by atoms with Crippen LogP contribution in [0.4, 0.5) is 5.69 Å². The minimum Gasteiger partial charge on any atom is -0.395 e. The molecule has 0 heterocycles. The number of benzene rings is 1. The first-order chi connectivity index (χ1) is 9.63. The summed E-state index contributed by atoms with van der Waals surface area (Å²) >= 11 is 3.48. The Bertz CT molecular complexity index is 470. The minimum atomic E-state index is 0.0646. The number of hydrogen-bond acceptors (Lipinski definition) is 3. The molecule has 1 aliphatic rings. The monoisotopic (exact) mass is 339 g/mol. The molecule has 0 spiro atoms. The molecule has 0 radical (unpaired) electrons. The molecule has 1 N–H and O–H groups in total. The number of Topliss-reactive ketones (excluding diaryl/α,β-unsaturated/α-hetero) is 1. The summed E-state index contributed by atoms with van der Waals surface area (Å²) in [5, 5.41) is 9.33. The van der Waals surface area contributed by atoms with Gasteiger partial charge in [0.25, 0.3) is 0 Å². The molecule has 0 saturated heterocycles. The van der Waals surface area contributed by atoms with Gasteiger partial charge in [0.15, 0.2) is 5.78 Å². The number of rotatable bonds is 5. The number of carbonyl (C=O) groups excluding carboxylic acids is 1. The number of carbonyl (C=O) groups is 1. The topological polar surface area (TPSA) is 40.5 Å². The molecule has 3 nitrogen and oxygen atoms in total. The van der Waals surface area contributed by atoms with Crippen LogP contribution in [0.2, 0.25) is 0 Å². The van der Waals surface area contributed by atoms with Gasteiger partial charge in [-0.15, -0.1) is 0 Å². The quantitative estimate of drug-likeness (QED) is 0.830. The Balaban J connectivity index is 2.24. The molecule has 20 heavy (non-hydrogen) atoms. The Morgan fingerprint density at radius 2 is 2.05 bits per heavy atom. The van der Waals surface area contributed by atoms with Crippen LogP contribution in [0.1, 0.15) is 49.4 Å². The Labute approximate surface area is 129 Å². The Kier molecular flexibility index (Phi) is 5.61. The maximum atomic E-state index is 11.5. The number of anilines is 1. The second-order valence-corrected chi connectivity index (χ2v) is 6.28. The van der Waals surface area contributed by atoms with E-state index in [9.17, 15) is 9.90 Å². The summed E-state index contributed by atoms with van der Waals surface area (Å²) in [7, 11) is 0. The second kappa shape index (κ2) is 7.23. The Hall–Kier alpha value is -0.870. The molecule has 0 unspecified atom stereocenters. The normalized spacial score (nSPS) is 16.1. The zero-order valence-corrected chi connectivity index (χ0v) is 13.5. The molecule has 0 amide bonds. The van der Waals surface area contributed by atoms with Gasteiger partial charge in [0.2, 0.25) is 0 Å². The summed E-state index contributed by atoms with van der Waals surface area (Å²) < 4.78 is 0.834. The summed E-state index contributed by atoms with van der Waals surface area (Å²) in [4.78, 5) is 13.8. The van der Waals surface area contributed by atoms with Crippen molar-refractivity contribution in [3.05, 3.63) is 28.2 Å². The zero-order chi connectivity index (χ0) is 14.5. The maximum Gasteiger partial charge on any atom is 0.160 e. The van der Waals surface area contributed by atoms with Gasteiger partial charge >= 0.3 is 0 Å². The largest absolute Gasteiger partial charge is 0.395 e. The van der Waals surface area contributed by atoms with Crippen LogP contribution in [-0.2, 0) is 0 Å². The van der Waals surface area contributed by atoms with Gasteiger partial charge in [-0.3, -0.25) is 4.79 Å². The fourth-order valence-corrected chi connectivity index (χ4v) is 3.64. The summed E-state index contributed by atoms with van der Waals surface area (Å²) in [6.45, 7) is 2.38. The molecule has 2 rings (SSSR count). The smallest absolute Gasteiger partial charge is 0.160 e. The highest BCUT2D eigenvalue weighted by Gasteiger charge is 2.21. The van der Waals surface area contributed by atoms with Crippen LogP contribution in [0, 0.1) is 0 Å². The third kappa shape index (κ3) is 3.61. The van der Waals surface area contributed by atoms with E-state index in [2.05, 4.69) is 20.8 Å². The number of aliphatic hydroxyl groups excluding tert-OH is 1. The third-order valence-corrected chi connectivity index (χ3v) is 4.68. The zero-order valence-electron chi connectivity index (χ0n) is 11.9. The average Bonchev–Trinajstić information content (AvgIpc) is 2.45. The third-order valence-electron chi connectivity index (χ3n) is 4.02. The van der Waals surface area contributed by atoms with E-state index >= 15 is 0 Å². The molecule has 1 saturated carbocycles. The van der Waals surface area contributed by atoms with Gasteiger partial charge in [-0.25, -0.2) is 0 Å². The van der Waals surface area contributed by atoms with E-state index in [1.165, 1.54) is 32.1 Å². The van der Waals surface area contributed by atoms with Crippen molar-refractivity contribution in [2.45, 2.75) is 45.1 Å². The standard InChI is InChI=1S/C16H22BrNO2/c1-12(20)15-8-7-14(11-16(15)17)18(9-10-19)13-5-3-2-4-6-13/h7-8,11,13,19H,2-6,9-10H2,1H3. The lowest BCUT2D eigenvalue weighted by Gasteiger charge is -2.36. The van der Waals surface area contributed by atoms with Crippen LogP contribution in [-0.4, -0.2) is 30.1 Å². The predicted octanol–water partition coefficient (Wildman–Crippen LogP) is 3.78. The van der Waals surface area contributed by atoms with Crippen molar-refractivity contribution in [3.8, 4) is 0 Å². The SMILES string of the molecule is CC(=O)c1ccc(N(CCO)C2CCCCC2)cc1Br. The van der Waals surface area contributed by atoms with E-state index in [1.807, 2.05) is 18.2 Å². The van der Waals surface area contributed by atoms with Gasteiger partial charge < -0.3 is 10.0 Å². The van der Waals surface area contributed by atoms with Crippen molar-refractivity contribution in [3.63, 3.8) is 0 Å². The van der Waals surface area contributed by atoms with Crippen LogP contribution in [0.25, 0.3) is 0 Å². The fraction of sp³-hybridized carbons (Fsp3) is 0.562. The van der Waals surface area contributed by atoms with Gasteiger partial charge in [-0.1, -0.05) is 19.3 Å². The van der Waals surface area contributed by atoms with E-state index in [4.69, 9.17) is 0 Å². The Morgan fingerprint density at radius 1 is 1.35 bits per heavy atom. The van der Waals surface area contributed by atoms with E-state index in [0.29, 0.717) is 18.2 Å². The number of hydrogen-bond donors (Lipinski definition) is 1. The first-order valence-corrected chi connectivity index (χ1v) is 8.10. The lowest BCUT2D eigenvalue weighted by atomic mass is 9.93. The average molecular weight is 340 g/mol. The minimum absolute atomic E-state index is 0.0646. The van der Waals surface area contributed by atoms with Crippen LogP contribution < -0.4 is 4.90 Å². The van der Waals surface area contributed by atoms with Gasteiger partial charge in [0.1, 0.15) is 0 Å². The van der Waals surface area contributed by atoms with Gasteiger partial charge in [0.05, 0.1) is 6.61 Å². The highest BCUT2D eigenvalue weighted by atomic mass is 79.9. The maximum absolute atomic E-state index is 11.5. The number of ketones is 1. The predicted molar refractivity (Wildman–Crippen MR) is 85.5 cm³/mol. The van der Waals surface area contributed by atoms with Crippen LogP contribution >= 0.6 is 15.9 Å². The molecule has 1 aliphatic carbocycles. The molecule has 0 atom stereocenters. The van der Waals surface area contributed by atoms with E-state index in [1.54, 1.807) is 6.92 Å². The van der Waals surface area contributed by atoms with Crippen molar-refractivity contribution in [1.29, 1.82) is 0 Å². The number of nitrogens with zero attached hydrogens (tertiary/aromatic N) is 1. The van der Waals surface area contributed by atoms with Crippen LogP contribution in [0.5, 0.6) is 0 Å². The molecule has 110 valence electrons. The van der Waals surface area contributed by atoms with Crippen LogP contribution in [0.15, 0.2) is 22.7 Å². The lowest BCUT2D eigenvalue weighted by molar-refractivity contribution is 0.101. The first kappa shape index (κ1) is 15.5. The van der Waals surface area contributed by atoms with Crippen molar-refractivity contribution >= 4 is 27.4 Å². The first-order valence-electron chi connectivity index (χ1n) is 7.31. The molecule has 1 aromatic rings. The molecule has 1 aromatic carbocycles. The number of aliphatic hydroxyl groups is 1. The highest BCUT2D eigenvalue weighted by Crippen LogP contribution is 2.30.